The Kier molecular flexibility index (Phi) is 5.02. The molecule has 0 bridgehead atoms. The van der Waals surface area contributed by atoms with Crippen molar-refractivity contribution in [1.82, 2.24) is 0 Å². The predicted molar refractivity (Wildman–Crippen MR) is 83.9 cm³/mol. The van der Waals surface area contributed by atoms with Gasteiger partial charge in [0.05, 0.1) is 6.61 Å². The Bertz CT molecular complexity index is 498. The van der Waals surface area contributed by atoms with Gasteiger partial charge in [0.2, 0.25) is 0 Å². The molecule has 2 rings (SSSR count). The zero-order chi connectivity index (χ0) is 14.4. The Balaban J connectivity index is 2.00. The molecule has 1 aromatic carbocycles. The maximum atomic E-state index is 5.75. The summed E-state index contributed by atoms with van der Waals surface area (Å²) in [5, 5.41) is 0. The van der Waals surface area contributed by atoms with E-state index in [0.29, 0.717) is 6.61 Å². The zero-order valence-corrected chi connectivity index (χ0v) is 12.7. The molecule has 0 unspecified atom stereocenters. The van der Waals surface area contributed by atoms with Crippen molar-refractivity contribution in [2.24, 2.45) is 5.41 Å². The summed E-state index contributed by atoms with van der Waals surface area (Å²) < 4.78 is 10.8. The Morgan fingerprint density at radius 3 is 2.75 bits per heavy atom. The zero-order valence-electron chi connectivity index (χ0n) is 12.7. The smallest absolute Gasteiger partial charge is 0.119 e. The van der Waals surface area contributed by atoms with Crippen molar-refractivity contribution in [3.63, 3.8) is 0 Å². The van der Waals surface area contributed by atoms with E-state index in [1.165, 1.54) is 11.1 Å². The van der Waals surface area contributed by atoms with Gasteiger partial charge in [-0.1, -0.05) is 44.2 Å². The van der Waals surface area contributed by atoms with Gasteiger partial charge in [-0.3, -0.25) is 0 Å². The molecule has 0 amide bonds. The van der Waals surface area contributed by atoms with Crippen molar-refractivity contribution in [2.45, 2.75) is 26.7 Å². The van der Waals surface area contributed by atoms with E-state index in [-0.39, 0.29) is 5.41 Å². The van der Waals surface area contributed by atoms with Crippen LogP contribution in [0, 0.1) is 5.41 Å². The highest BCUT2D eigenvalue weighted by atomic mass is 16.5. The third-order valence-electron chi connectivity index (χ3n) is 3.49. The van der Waals surface area contributed by atoms with Gasteiger partial charge in [-0.25, -0.2) is 0 Å². The summed E-state index contributed by atoms with van der Waals surface area (Å²) in [6, 6.07) is 8.31. The second-order valence-corrected chi connectivity index (χ2v) is 5.91. The van der Waals surface area contributed by atoms with Crippen LogP contribution in [0.2, 0.25) is 0 Å². The number of rotatable bonds is 6. The molecule has 0 radical (unpaired) electrons. The highest BCUT2D eigenvalue weighted by Gasteiger charge is 2.16. The number of hydrogen-bond donors (Lipinski definition) is 0. The standard InChI is InChI=1S/C18H24O2/c1-18(2)10-8-15(9-11-18)16-6-4-7-17(14-16)20-13-5-12-19-3/h4,6-10,14H,5,11-13H2,1-3H3. The van der Waals surface area contributed by atoms with Crippen molar-refractivity contribution >= 4 is 5.57 Å². The van der Waals surface area contributed by atoms with Gasteiger partial charge in [0.1, 0.15) is 5.75 Å². The van der Waals surface area contributed by atoms with Gasteiger partial charge in [-0.05, 0) is 35.1 Å². The lowest BCUT2D eigenvalue weighted by Gasteiger charge is -2.22. The summed E-state index contributed by atoms with van der Waals surface area (Å²) in [6.45, 7) is 5.94. The topological polar surface area (TPSA) is 18.5 Å². The molecule has 1 aliphatic rings. The van der Waals surface area contributed by atoms with Crippen LogP contribution in [0.5, 0.6) is 5.75 Å². The molecule has 0 N–H and O–H groups in total. The van der Waals surface area contributed by atoms with Crippen LogP contribution in [-0.4, -0.2) is 20.3 Å². The lowest BCUT2D eigenvalue weighted by molar-refractivity contribution is 0.172. The van der Waals surface area contributed by atoms with E-state index in [9.17, 15) is 0 Å². The van der Waals surface area contributed by atoms with Crippen LogP contribution in [0.3, 0.4) is 0 Å². The third kappa shape index (κ3) is 4.24. The highest BCUT2D eigenvalue weighted by molar-refractivity contribution is 5.75. The third-order valence-corrected chi connectivity index (χ3v) is 3.49. The Hall–Kier alpha value is -1.54. The Morgan fingerprint density at radius 1 is 1.20 bits per heavy atom. The lowest BCUT2D eigenvalue weighted by Crippen LogP contribution is -2.08. The normalized spacial score (nSPS) is 16.9. The Morgan fingerprint density at radius 2 is 2.05 bits per heavy atom. The van der Waals surface area contributed by atoms with Crippen molar-refractivity contribution in [3.05, 3.63) is 48.1 Å². The minimum Gasteiger partial charge on any atom is -0.493 e. The summed E-state index contributed by atoms with van der Waals surface area (Å²) in [6.07, 6.45) is 8.81. The second-order valence-electron chi connectivity index (χ2n) is 5.91. The first-order chi connectivity index (χ1) is 9.61. The molecule has 2 nitrogen and oxygen atoms in total. The number of ether oxygens (including phenoxy) is 2. The largest absolute Gasteiger partial charge is 0.493 e. The van der Waals surface area contributed by atoms with E-state index in [4.69, 9.17) is 9.47 Å². The van der Waals surface area contributed by atoms with Crippen LogP contribution in [0.15, 0.2) is 42.5 Å². The molecular weight excluding hydrogens is 248 g/mol. The number of hydrogen-bond acceptors (Lipinski definition) is 2. The summed E-state index contributed by atoms with van der Waals surface area (Å²) in [5.74, 6) is 0.928. The monoisotopic (exact) mass is 272 g/mol. The molecule has 0 aliphatic heterocycles. The average Bonchev–Trinajstić information content (AvgIpc) is 2.44. The van der Waals surface area contributed by atoms with Crippen molar-refractivity contribution in [1.29, 1.82) is 0 Å². The van der Waals surface area contributed by atoms with Crippen LogP contribution in [0.4, 0.5) is 0 Å². The predicted octanol–water partition coefficient (Wildman–Crippen LogP) is 4.47. The molecule has 0 heterocycles. The van der Waals surface area contributed by atoms with Gasteiger partial charge >= 0.3 is 0 Å². The minimum atomic E-state index is 0.276. The van der Waals surface area contributed by atoms with E-state index in [0.717, 1.165) is 25.2 Å². The van der Waals surface area contributed by atoms with E-state index in [2.05, 4.69) is 50.3 Å². The molecule has 0 atom stereocenters. The fourth-order valence-electron chi connectivity index (χ4n) is 2.20. The van der Waals surface area contributed by atoms with Crippen LogP contribution < -0.4 is 4.74 Å². The average molecular weight is 272 g/mol. The molecule has 20 heavy (non-hydrogen) atoms. The van der Waals surface area contributed by atoms with Crippen LogP contribution in [0.1, 0.15) is 32.3 Å². The number of allylic oxidation sites excluding steroid dienone is 4. The first kappa shape index (κ1) is 14.9. The Labute approximate surface area is 122 Å². The minimum absolute atomic E-state index is 0.276. The highest BCUT2D eigenvalue weighted by Crippen LogP contribution is 2.32. The summed E-state index contributed by atoms with van der Waals surface area (Å²) in [7, 11) is 1.71. The number of benzene rings is 1. The van der Waals surface area contributed by atoms with Gasteiger partial charge in [-0.2, -0.15) is 0 Å². The summed E-state index contributed by atoms with van der Waals surface area (Å²) in [4.78, 5) is 0. The van der Waals surface area contributed by atoms with Crippen molar-refractivity contribution < 1.29 is 9.47 Å². The molecular formula is C18H24O2. The fourth-order valence-corrected chi connectivity index (χ4v) is 2.20. The quantitative estimate of drug-likeness (QED) is 0.711. The number of methoxy groups -OCH3 is 1. The SMILES string of the molecule is COCCCOc1cccc(C2=CCC(C)(C)C=C2)c1. The maximum Gasteiger partial charge on any atom is 0.119 e. The molecule has 1 aromatic rings. The molecule has 1 aliphatic carbocycles. The lowest BCUT2D eigenvalue weighted by atomic mass is 9.83. The van der Waals surface area contributed by atoms with E-state index in [1.807, 2.05) is 6.07 Å². The van der Waals surface area contributed by atoms with Crippen LogP contribution in [0.25, 0.3) is 5.57 Å². The second kappa shape index (κ2) is 6.76. The molecule has 0 saturated carbocycles. The van der Waals surface area contributed by atoms with Gasteiger partial charge in [0.25, 0.3) is 0 Å². The van der Waals surface area contributed by atoms with Crippen molar-refractivity contribution in [2.75, 3.05) is 20.3 Å². The van der Waals surface area contributed by atoms with Crippen LogP contribution >= 0.6 is 0 Å². The molecule has 0 saturated heterocycles. The molecule has 0 aromatic heterocycles. The summed E-state index contributed by atoms with van der Waals surface area (Å²) in [5.41, 5.74) is 2.78. The van der Waals surface area contributed by atoms with E-state index in [1.54, 1.807) is 7.11 Å². The fraction of sp³-hybridized carbons (Fsp3) is 0.444. The van der Waals surface area contributed by atoms with Gasteiger partial charge in [0.15, 0.2) is 0 Å². The molecule has 0 fully saturated rings. The molecule has 2 heteroatoms. The van der Waals surface area contributed by atoms with Gasteiger partial charge in [-0.15, -0.1) is 0 Å². The maximum absolute atomic E-state index is 5.75. The summed E-state index contributed by atoms with van der Waals surface area (Å²) >= 11 is 0. The molecule has 108 valence electrons. The van der Waals surface area contributed by atoms with Gasteiger partial charge in [0, 0.05) is 20.1 Å². The van der Waals surface area contributed by atoms with Gasteiger partial charge < -0.3 is 9.47 Å². The van der Waals surface area contributed by atoms with E-state index >= 15 is 0 Å². The first-order valence-corrected chi connectivity index (χ1v) is 7.22. The van der Waals surface area contributed by atoms with Crippen LogP contribution in [-0.2, 0) is 4.74 Å². The first-order valence-electron chi connectivity index (χ1n) is 7.22. The molecule has 0 spiro atoms. The van der Waals surface area contributed by atoms with Crippen molar-refractivity contribution in [3.8, 4) is 5.75 Å². The van der Waals surface area contributed by atoms with E-state index < -0.39 is 0 Å².